The van der Waals surface area contributed by atoms with E-state index in [1.54, 1.807) is 0 Å². The summed E-state index contributed by atoms with van der Waals surface area (Å²) in [7, 11) is 0. The number of aliphatic hydroxyl groups is 7. The van der Waals surface area contributed by atoms with E-state index in [9.17, 15) is 45.3 Å². The van der Waals surface area contributed by atoms with Crippen molar-refractivity contribution >= 4 is 11.9 Å². The van der Waals surface area contributed by atoms with E-state index in [0.717, 1.165) is 44.9 Å². The molecule has 0 amide bonds. The number of hydrogen-bond acceptors (Lipinski definition) is 15. The summed E-state index contributed by atoms with van der Waals surface area (Å²) in [5.41, 5.74) is 0. The molecule has 0 spiro atoms. The summed E-state index contributed by atoms with van der Waals surface area (Å²) in [5.74, 6) is -0.910. The van der Waals surface area contributed by atoms with Crippen LogP contribution in [0.3, 0.4) is 0 Å². The Morgan fingerprint density at radius 1 is 0.419 bits per heavy atom. The lowest BCUT2D eigenvalue weighted by Gasteiger charge is -2.42. The van der Waals surface area contributed by atoms with Crippen LogP contribution in [0.2, 0.25) is 0 Å². The zero-order valence-corrected chi connectivity index (χ0v) is 46.6. The Labute approximate surface area is 448 Å². The minimum absolute atomic E-state index is 0.168. The number of allylic oxidation sites excluding steroid dienone is 2. The summed E-state index contributed by atoms with van der Waals surface area (Å²) in [6, 6.07) is 0. The minimum atomic E-state index is -1.76. The van der Waals surface area contributed by atoms with E-state index in [1.165, 1.54) is 173 Å². The number of unbranched alkanes of at least 4 members (excludes halogenated alkanes) is 33. The molecule has 0 aliphatic carbocycles. The number of hydrogen-bond donors (Lipinski definition) is 7. The number of carbonyl (C=O) groups is 2. The Morgan fingerprint density at radius 3 is 1.19 bits per heavy atom. The lowest BCUT2D eigenvalue weighted by molar-refractivity contribution is -0.332. The third kappa shape index (κ3) is 32.9. The number of rotatable bonds is 49. The first kappa shape index (κ1) is 68.3. The molecule has 2 aliphatic heterocycles. The predicted octanol–water partition coefficient (Wildman–Crippen LogP) is 10.5. The highest BCUT2D eigenvalue weighted by molar-refractivity contribution is 5.70. The van der Waals surface area contributed by atoms with Gasteiger partial charge in [0.25, 0.3) is 0 Å². The summed E-state index contributed by atoms with van der Waals surface area (Å²) in [4.78, 5) is 25.9. The quantitative estimate of drug-likeness (QED) is 0.0171. The van der Waals surface area contributed by atoms with Crippen LogP contribution in [-0.4, -0.2) is 142 Å². The molecule has 0 aromatic heterocycles. The van der Waals surface area contributed by atoms with E-state index < -0.39 is 92.7 Å². The second-order valence-electron chi connectivity index (χ2n) is 21.5. The van der Waals surface area contributed by atoms with Gasteiger partial charge in [-0.3, -0.25) is 9.59 Å². The fraction of sp³-hybridized carbons (Fsp3) is 0.932. The molecule has 436 valence electrons. The van der Waals surface area contributed by atoms with Crippen LogP contribution in [0.4, 0.5) is 0 Å². The van der Waals surface area contributed by atoms with Crippen molar-refractivity contribution in [1.29, 1.82) is 0 Å². The van der Waals surface area contributed by atoms with E-state index in [0.29, 0.717) is 12.8 Å². The fourth-order valence-electron chi connectivity index (χ4n) is 9.80. The molecule has 11 unspecified atom stereocenters. The molecule has 2 rings (SSSR count). The van der Waals surface area contributed by atoms with Gasteiger partial charge in [-0.05, 0) is 38.5 Å². The molecule has 0 radical (unpaired) electrons. The van der Waals surface area contributed by atoms with Gasteiger partial charge in [0.05, 0.1) is 19.8 Å². The van der Waals surface area contributed by atoms with Crippen LogP contribution in [0.5, 0.6) is 0 Å². The molecule has 0 saturated carbocycles. The number of aliphatic hydroxyl groups excluding tert-OH is 7. The summed E-state index contributed by atoms with van der Waals surface area (Å²) >= 11 is 0. The van der Waals surface area contributed by atoms with Crippen LogP contribution in [-0.2, 0) is 38.0 Å². The smallest absolute Gasteiger partial charge is 0.306 e. The van der Waals surface area contributed by atoms with Crippen LogP contribution in [0, 0.1) is 0 Å². The molecule has 74 heavy (non-hydrogen) atoms. The monoisotopic (exact) mass is 1060 g/mol. The lowest BCUT2D eigenvalue weighted by atomic mass is 9.98. The molecule has 15 heteroatoms. The van der Waals surface area contributed by atoms with Gasteiger partial charge in [0.2, 0.25) is 0 Å². The van der Waals surface area contributed by atoms with Gasteiger partial charge >= 0.3 is 11.9 Å². The van der Waals surface area contributed by atoms with Gasteiger partial charge in [-0.2, -0.15) is 0 Å². The largest absolute Gasteiger partial charge is 0.462 e. The Morgan fingerprint density at radius 2 is 0.770 bits per heavy atom. The number of carbonyl (C=O) groups excluding carboxylic acids is 2. The summed E-state index contributed by atoms with van der Waals surface area (Å²) in [6.45, 7) is 2.65. The Hall–Kier alpha value is -1.76. The molecule has 0 bridgehead atoms. The Bertz CT molecular complexity index is 1340. The molecule has 0 aromatic carbocycles. The van der Waals surface area contributed by atoms with Crippen LogP contribution >= 0.6 is 0 Å². The molecule has 0 aromatic rings. The fourth-order valence-corrected chi connectivity index (χ4v) is 9.80. The van der Waals surface area contributed by atoms with Crippen LogP contribution in [0.25, 0.3) is 0 Å². The van der Waals surface area contributed by atoms with Gasteiger partial charge in [-0.1, -0.05) is 219 Å². The lowest BCUT2D eigenvalue weighted by Crippen LogP contribution is -2.61. The molecular weight excluding hydrogens is 949 g/mol. The first-order chi connectivity index (χ1) is 36.0. The van der Waals surface area contributed by atoms with Crippen LogP contribution in [0.1, 0.15) is 258 Å². The second-order valence-corrected chi connectivity index (χ2v) is 21.5. The van der Waals surface area contributed by atoms with Crippen molar-refractivity contribution in [2.24, 2.45) is 0 Å². The van der Waals surface area contributed by atoms with Gasteiger partial charge in [-0.15, -0.1) is 0 Å². The zero-order chi connectivity index (χ0) is 53.9. The summed E-state index contributed by atoms with van der Waals surface area (Å²) < 4.78 is 33.7. The number of esters is 2. The maximum atomic E-state index is 13.1. The standard InChI is InChI=1S/C59H110O15/c1-3-5-7-9-11-13-15-17-19-21-23-25-27-29-31-33-35-37-39-41-50(61)69-44-47(72-51(62)42-40-38-36-34-32-30-28-26-24-22-20-18-16-14-12-10-8-6-4-2)45-70-58-57(68)55(66)53(64)49(74-58)46-71-59-56(67)54(65)52(63)48(43-60)73-59/h18,20,47-49,52-60,63-68H,3-17,19,21-46H2,1-2H3/b20-18-. The van der Waals surface area contributed by atoms with E-state index in [1.807, 2.05) is 0 Å². The van der Waals surface area contributed by atoms with Crippen molar-refractivity contribution in [2.45, 2.75) is 325 Å². The van der Waals surface area contributed by atoms with Gasteiger partial charge in [-0.25, -0.2) is 0 Å². The topological polar surface area (TPSA) is 231 Å². The maximum absolute atomic E-state index is 13.1. The second kappa shape index (κ2) is 46.2. The highest BCUT2D eigenvalue weighted by atomic mass is 16.7. The number of ether oxygens (including phenoxy) is 6. The van der Waals surface area contributed by atoms with Crippen molar-refractivity contribution in [1.82, 2.24) is 0 Å². The Balaban J connectivity index is 1.73. The molecular formula is C59H110O15. The highest BCUT2D eigenvalue weighted by Gasteiger charge is 2.47. The van der Waals surface area contributed by atoms with Crippen LogP contribution in [0.15, 0.2) is 12.2 Å². The molecule has 2 saturated heterocycles. The predicted molar refractivity (Wildman–Crippen MR) is 289 cm³/mol. The summed E-state index contributed by atoms with van der Waals surface area (Å²) in [5, 5.41) is 72.3. The third-order valence-corrected chi connectivity index (χ3v) is 14.7. The summed E-state index contributed by atoms with van der Waals surface area (Å²) in [6.07, 6.45) is 32.3. The normalized spacial score (nSPS) is 24.7. The average Bonchev–Trinajstić information content (AvgIpc) is 3.39. The Kier molecular flexibility index (Phi) is 42.7. The first-order valence-corrected chi connectivity index (χ1v) is 30.3. The molecule has 11 atom stereocenters. The van der Waals surface area contributed by atoms with Crippen molar-refractivity contribution in [2.75, 3.05) is 26.4 Å². The van der Waals surface area contributed by atoms with Crippen molar-refractivity contribution in [3.8, 4) is 0 Å². The first-order valence-electron chi connectivity index (χ1n) is 30.3. The molecule has 15 nitrogen and oxygen atoms in total. The minimum Gasteiger partial charge on any atom is -0.462 e. The zero-order valence-electron chi connectivity index (χ0n) is 46.6. The van der Waals surface area contributed by atoms with Crippen molar-refractivity contribution in [3.05, 3.63) is 12.2 Å². The van der Waals surface area contributed by atoms with Gasteiger partial charge < -0.3 is 64.2 Å². The third-order valence-electron chi connectivity index (χ3n) is 14.7. The molecule has 2 fully saturated rings. The average molecular weight is 1060 g/mol. The van der Waals surface area contributed by atoms with E-state index in [-0.39, 0.29) is 26.1 Å². The van der Waals surface area contributed by atoms with Crippen molar-refractivity contribution in [3.63, 3.8) is 0 Å². The van der Waals surface area contributed by atoms with Gasteiger partial charge in [0.15, 0.2) is 18.7 Å². The van der Waals surface area contributed by atoms with E-state index in [2.05, 4.69) is 26.0 Å². The van der Waals surface area contributed by atoms with Gasteiger partial charge in [0, 0.05) is 12.8 Å². The highest BCUT2D eigenvalue weighted by Crippen LogP contribution is 2.27. The molecule has 2 aliphatic rings. The van der Waals surface area contributed by atoms with Crippen molar-refractivity contribution < 1.29 is 73.8 Å². The van der Waals surface area contributed by atoms with Crippen LogP contribution < -0.4 is 0 Å². The maximum Gasteiger partial charge on any atom is 0.306 e. The van der Waals surface area contributed by atoms with E-state index in [4.69, 9.17) is 28.4 Å². The van der Waals surface area contributed by atoms with Gasteiger partial charge in [0.1, 0.15) is 55.4 Å². The molecule has 7 N–H and O–H groups in total. The SMILES string of the molecule is CCCCCCCC/C=C\CCCCCCCCCCCC(=O)OC(COC(=O)CCCCCCCCCCCCCCCCCCCCC)COC1OC(COC2OC(CO)C(O)C(O)C2O)C(O)C(O)C1O. The molecule has 2 heterocycles. The van der Waals surface area contributed by atoms with E-state index >= 15 is 0 Å².